The van der Waals surface area contributed by atoms with Gasteiger partial charge < -0.3 is 15.4 Å². The zero-order valence-electron chi connectivity index (χ0n) is 18.8. The van der Waals surface area contributed by atoms with Gasteiger partial charge in [0.05, 0.1) is 11.3 Å². The molecule has 9 heteroatoms. The van der Waals surface area contributed by atoms with Gasteiger partial charge in [-0.3, -0.25) is 9.89 Å². The predicted molar refractivity (Wildman–Crippen MR) is 137 cm³/mol. The summed E-state index contributed by atoms with van der Waals surface area (Å²) >= 11 is 0. The van der Waals surface area contributed by atoms with E-state index in [1.807, 2.05) is 13.0 Å². The minimum atomic E-state index is -3.23. The van der Waals surface area contributed by atoms with E-state index in [4.69, 9.17) is 9.73 Å². The second-order valence-electron chi connectivity index (χ2n) is 8.60. The lowest BCUT2D eigenvalue weighted by Gasteiger charge is -2.34. The minimum Gasteiger partial charge on any atom is -0.381 e. The molecule has 2 fully saturated rings. The van der Waals surface area contributed by atoms with Crippen LogP contribution >= 0.6 is 24.0 Å². The Labute approximate surface area is 204 Å². The van der Waals surface area contributed by atoms with E-state index in [0.717, 1.165) is 26.1 Å². The highest BCUT2D eigenvalue weighted by molar-refractivity contribution is 14.0. The molecule has 176 valence electrons. The topological polar surface area (TPSA) is 83.0 Å². The standard InChI is InChI=1S/C22H36N4O3S.HI/c1-4-23-21(24-17-22(30(3,27)28)10-12-29-13-11-22)25-20-14-18(2)26(16-20)15-19-8-6-5-7-9-19;/h5-9,18,20H,4,10-17H2,1-3H3,(H2,23,24,25);1H. The number of likely N-dealkylation sites (tertiary alicyclic amines) is 1. The summed E-state index contributed by atoms with van der Waals surface area (Å²) in [4.78, 5) is 7.19. The number of hydrogen-bond acceptors (Lipinski definition) is 5. The summed E-state index contributed by atoms with van der Waals surface area (Å²) in [7, 11) is -3.23. The Morgan fingerprint density at radius 1 is 1.26 bits per heavy atom. The van der Waals surface area contributed by atoms with E-state index in [9.17, 15) is 8.42 Å². The number of halogens is 1. The normalized spacial score (nSPS) is 24.4. The third-order valence-electron chi connectivity index (χ3n) is 6.33. The molecule has 7 nitrogen and oxygen atoms in total. The van der Waals surface area contributed by atoms with Crippen LogP contribution in [0.3, 0.4) is 0 Å². The first-order valence-electron chi connectivity index (χ1n) is 10.9. The third-order valence-corrected chi connectivity index (χ3v) is 8.44. The molecule has 2 heterocycles. The number of ether oxygens (including phenoxy) is 1. The van der Waals surface area contributed by atoms with Gasteiger partial charge in [-0.05, 0) is 38.7 Å². The number of nitrogens with zero attached hydrogens (tertiary/aromatic N) is 2. The van der Waals surface area contributed by atoms with Gasteiger partial charge in [-0.2, -0.15) is 0 Å². The molecule has 0 spiro atoms. The van der Waals surface area contributed by atoms with Crippen LogP contribution in [0.25, 0.3) is 0 Å². The second kappa shape index (κ2) is 11.8. The van der Waals surface area contributed by atoms with Gasteiger partial charge in [-0.25, -0.2) is 8.42 Å². The fourth-order valence-corrected chi connectivity index (χ4v) is 5.57. The minimum absolute atomic E-state index is 0. The molecule has 2 aliphatic heterocycles. The Morgan fingerprint density at radius 2 is 1.94 bits per heavy atom. The summed E-state index contributed by atoms with van der Waals surface area (Å²) < 4.78 is 29.6. The SMILES string of the molecule is CCNC(=NCC1(S(C)(=O)=O)CCOCC1)NC1CC(C)N(Cc2ccccc2)C1.I. The summed E-state index contributed by atoms with van der Waals surface area (Å²) in [5, 5.41) is 6.83. The summed E-state index contributed by atoms with van der Waals surface area (Å²) in [6.07, 6.45) is 3.36. The van der Waals surface area contributed by atoms with Crippen LogP contribution < -0.4 is 10.6 Å². The predicted octanol–water partition coefficient (Wildman–Crippen LogP) is 2.42. The molecule has 1 aromatic carbocycles. The molecule has 1 aromatic rings. The van der Waals surface area contributed by atoms with Crippen LogP contribution in [0.5, 0.6) is 0 Å². The molecular formula is C22H37IN4O3S. The van der Waals surface area contributed by atoms with Crippen LogP contribution in [0, 0.1) is 0 Å². The van der Waals surface area contributed by atoms with Gasteiger partial charge in [0, 0.05) is 51.2 Å². The first-order chi connectivity index (χ1) is 14.3. The lowest BCUT2D eigenvalue weighted by atomic mass is 9.99. The Morgan fingerprint density at radius 3 is 2.55 bits per heavy atom. The number of aliphatic imine (C=N–C) groups is 1. The van der Waals surface area contributed by atoms with Crippen molar-refractivity contribution in [3.63, 3.8) is 0 Å². The van der Waals surface area contributed by atoms with Crippen molar-refractivity contribution in [2.24, 2.45) is 4.99 Å². The lowest BCUT2D eigenvalue weighted by molar-refractivity contribution is 0.0768. The van der Waals surface area contributed by atoms with Gasteiger partial charge in [0.2, 0.25) is 0 Å². The number of hydrogen-bond donors (Lipinski definition) is 2. The second-order valence-corrected chi connectivity index (χ2v) is 11.0. The van der Waals surface area contributed by atoms with Gasteiger partial charge in [0.15, 0.2) is 15.8 Å². The highest BCUT2D eigenvalue weighted by atomic mass is 127. The summed E-state index contributed by atoms with van der Waals surface area (Å²) in [6.45, 7) is 8.10. The van der Waals surface area contributed by atoms with Crippen LogP contribution in [0.15, 0.2) is 35.3 Å². The van der Waals surface area contributed by atoms with Gasteiger partial charge in [0.1, 0.15) is 0 Å². The maximum absolute atomic E-state index is 12.5. The molecule has 0 radical (unpaired) electrons. The first-order valence-corrected chi connectivity index (χ1v) is 12.8. The number of rotatable bonds is 7. The average Bonchev–Trinajstić information content (AvgIpc) is 3.06. The molecule has 2 aliphatic rings. The molecule has 0 bridgehead atoms. The van der Waals surface area contributed by atoms with Crippen molar-refractivity contribution in [1.29, 1.82) is 0 Å². The van der Waals surface area contributed by atoms with Gasteiger partial charge in [-0.1, -0.05) is 30.3 Å². The quantitative estimate of drug-likeness (QED) is 0.301. The van der Waals surface area contributed by atoms with E-state index in [-0.39, 0.29) is 36.6 Å². The lowest BCUT2D eigenvalue weighted by Crippen LogP contribution is -2.49. The Balaban J connectivity index is 0.00000341. The Kier molecular flexibility index (Phi) is 10.0. The number of nitrogens with one attached hydrogen (secondary N) is 2. The first kappa shape index (κ1) is 26.3. The summed E-state index contributed by atoms with van der Waals surface area (Å²) in [6, 6.07) is 11.3. The van der Waals surface area contributed by atoms with E-state index < -0.39 is 14.6 Å². The summed E-state index contributed by atoms with van der Waals surface area (Å²) in [5.74, 6) is 0.700. The van der Waals surface area contributed by atoms with Crippen LogP contribution in [0.4, 0.5) is 0 Å². The van der Waals surface area contributed by atoms with Gasteiger partial charge in [0.25, 0.3) is 0 Å². The van der Waals surface area contributed by atoms with Crippen molar-refractivity contribution in [3.8, 4) is 0 Å². The van der Waals surface area contributed by atoms with Crippen LogP contribution in [-0.4, -0.2) is 75.2 Å². The van der Waals surface area contributed by atoms with Crippen molar-refractivity contribution < 1.29 is 13.2 Å². The number of sulfone groups is 1. The highest BCUT2D eigenvalue weighted by Crippen LogP contribution is 2.29. The van der Waals surface area contributed by atoms with E-state index in [0.29, 0.717) is 38.1 Å². The van der Waals surface area contributed by atoms with Crippen molar-refractivity contribution in [2.75, 3.05) is 39.1 Å². The molecule has 0 aromatic heterocycles. The maximum Gasteiger partial charge on any atom is 0.191 e. The molecule has 0 amide bonds. The molecule has 2 unspecified atom stereocenters. The molecule has 0 saturated carbocycles. The van der Waals surface area contributed by atoms with Crippen molar-refractivity contribution >= 4 is 39.8 Å². The monoisotopic (exact) mass is 564 g/mol. The maximum atomic E-state index is 12.5. The Bertz CT molecular complexity index is 813. The van der Waals surface area contributed by atoms with Crippen LogP contribution in [-0.2, 0) is 21.1 Å². The van der Waals surface area contributed by atoms with Crippen LogP contribution in [0.2, 0.25) is 0 Å². The largest absolute Gasteiger partial charge is 0.381 e. The van der Waals surface area contributed by atoms with Crippen molar-refractivity contribution in [2.45, 2.75) is 56.5 Å². The third kappa shape index (κ3) is 7.03. The number of benzene rings is 1. The zero-order chi connectivity index (χ0) is 21.6. The van der Waals surface area contributed by atoms with E-state index in [1.54, 1.807) is 0 Å². The molecule has 3 rings (SSSR count). The van der Waals surface area contributed by atoms with E-state index in [1.165, 1.54) is 11.8 Å². The molecule has 2 saturated heterocycles. The molecule has 2 N–H and O–H groups in total. The Hall–Kier alpha value is -0.910. The number of guanidine groups is 1. The molecule has 0 aliphatic carbocycles. The zero-order valence-corrected chi connectivity index (χ0v) is 22.0. The van der Waals surface area contributed by atoms with Gasteiger partial charge in [-0.15, -0.1) is 24.0 Å². The fraction of sp³-hybridized carbons (Fsp3) is 0.682. The highest BCUT2D eigenvalue weighted by Gasteiger charge is 2.42. The van der Waals surface area contributed by atoms with Crippen LogP contribution in [0.1, 0.15) is 38.7 Å². The van der Waals surface area contributed by atoms with E-state index in [2.05, 4.69) is 46.7 Å². The molecular weight excluding hydrogens is 527 g/mol. The van der Waals surface area contributed by atoms with Crippen molar-refractivity contribution in [3.05, 3.63) is 35.9 Å². The fourth-order valence-electron chi connectivity index (χ4n) is 4.37. The van der Waals surface area contributed by atoms with Crippen molar-refractivity contribution in [1.82, 2.24) is 15.5 Å². The summed E-state index contributed by atoms with van der Waals surface area (Å²) in [5.41, 5.74) is 1.32. The smallest absolute Gasteiger partial charge is 0.191 e. The average molecular weight is 565 g/mol. The molecule has 2 atom stereocenters. The van der Waals surface area contributed by atoms with E-state index >= 15 is 0 Å². The van der Waals surface area contributed by atoms with Gasteiger partial charge >= 0.3 is 0 Å². The molecule has 31 heavy (non-hydrogen) atoms.